The molecule has 2 aliphatic carbocycles. The minimum atomic E-state index is -0.173. The van der Waals surface area contributed by atoms with Crippen molar-refractivity contribution >= 4 is 17.6 Å². The van der Waals surface area contributed by atoms with Crippen LogP contribution >= 0.6 is 0 Å². The molecule has 1 saturated heterocycles. The first-order valence-electron chi connectivity index (χ1n) is 12.0. The summed E-state index contributed by atoms with van der Waals surface area (Å²) in [4.78, 5) is 27.2. The third-order valence-corrected chi connectivity index (χ3v) is 8.10. The Bertz CT molecular complexity index is 627. The monoisotopic (exact) mass is 419 g/mol. The van der Waals surface area contributed by atoms with Crippen molar-refractivity contribution in [3.8, 4) is 0 Å². The summed E-state index contributed by atoms with van der Waals surface area (Å²) >= 11 is 0. The second kappa shape index (κ2) is 10.1. The fourth-order valence-electron chi connectivity index (χ4n) is 6.06. The van der Waals surface area contributed by atoms with Gasteiger partial charge >= 0.3 is 0 Å². The summed E-state index contributed by atoms with van der Waals surface area (Å²) in [6, 6.07) is 0.483. The third-order valence-electron chi connectivity index (χ3n) is 8.10. The van der Waals surface area contributed by atoms with Gasteiger partial charge in [0.05, 0.1) is 11.9 Å². The smallest absolute Gasteiger partial charge is 0.237 e. The molecule has 3 fully saturated rings. The molecule has 4 atom stereocenters. The van der Waals surface area contributed by atoms with E-state index in [4.69, 9.17) is 16.9 Å². The van der Waals surface area contributed by atoms with Crippen LogP contribution in [0.25, 0.3) is 0 Å². The molecular weight excluding hydrogens is 378 g/mol. The molecule has 0 aromatic carbocycles. The molecule has 170 valence electrons. The molecule has 30 heavy (non-hydrogen) atoms. The van der Waals surface area contributed by atoms with Crippen LogP contribution in [0.1, 0.15) is 78.1 Å². The van der Waals surface area contributed by atoms with E-state index in [1.54, 1.807) is 0 Å². The van der Waals surface area contributed by atoms with Gasteiger partial charge in [0.15, 0.2) is 0 Å². The number of hydrogen-bond acceptors (Lipinski definition) is 4. The average Bonchev–Trinajstić information content (AvgIpc) is 3.10. The van der Waals surface area contributed by atoms with Crippen molar-refractivity contribution in [1.82, 2.24) is 10.2 Å². The highest BCUT2D eigenvalue weighted by atomic mass is 16.2. The summed E-state index contributed by atoms with van der Waals surface area (Å²) in [5.74, 6) is 1.45. The number of amidine groups is 1. The highest BCUT2D eigenvalue weighted by Gasteiger charge is 2.48. The predicted octanol–water partition coefficient (Wildman–Crippen LogP) is 2.38. The number of nitrogens with one attached hydrogen (secondary N) is 2. The molecule has 0 radical (unpaired) electrons. The number of fused-ring (bicyclic) bond motifs is 1. The number of nitrogens with zero attached hydrogens (tertiary/aromatic N) is 1. The second-order valence-corrected chi connectivity index (χ2v) is 9.88. The van der Waals surface area contributed by atoms with Crippen LogP contribution in [0.4, 0.5) is 0 Å². The zero-order chi connectivity index (χ0) is 21.8. The van der Waals surface area contributed by atoms with E-state index in [0.29, 0.717) is 23.7 Å². The lowest BCUT2D eigenvalue weighted by molar-refractivity contribution is -0.127. The van der Waals surface area contributed by atoms with Gasteiger partial charge < -0.3 is 16.8 Å². The van der Waals surface area contributed by atoms with E-state index >= 15 is 0 Å². The van der Waals surface area contributed by atoms with Crippen molar-refractivity contribution in [3.05, 3.63) is 0 Å². The zero-order valence-corrected chi connectivity index (χ0v) is 18.7. The fourth-order valence-corrected chi connectivity index (χ4v) is 6.06. The Hall–Kier alpha value is -1.63. The molecule has 7 nitrogen and oxygen atoms in total. The van der Waals surface area contributed by atoms with Gasteiger partial charge in [-0.15, -0.1) is 0 Å². The molecule has 3 aliphatic rings. The first kappa shape index (κ1) is 23.0. The number of likely N-dealkylation sites (tertiary alicyclic amines) is 1. The predicted molar refractivity (Wildman–Crippen MR) is 119 cm³/mol. The van der Waals surface area contributed by atoms with E-state index in [1.807, 2.05) is 0 Å². The summed E-state index contributed by atoms with van der Waals surface area (Å²) in [6.45, 7) is 5.14. The Balaban J connectivity index is 1.72. The van der Waals surface area contributed by atoms with E-state index in [-0.39, 0.29) is 35.7 Å². The molecule has 2 amide bonds. The lowest BCUT2D eigenvalue weighted by Gasteiger charge is -2.39. The normalized spacial score (nSPS) is 34.5. The van der Waals surface area contributed by atoms with Crippen LogP contribution in [0.5, 0.6) is 0 Å². The van der Waals surface area contributed by atoms with E-state index < -0.39 is 0 Å². The number of amides is 2. The topological polar surface area (TPSA) is 125 Å². The van der Waals surface area contributed by atoms with Crippen LogP contribution in [0.15, 0.2) is 0 Å². The minimum Gasteiger partial charge on any atom is -0.387 e. The van der Waals surface area contributed by atoms with Crippen LogP contribution in [0, 0.1) is 29.1 Å². The molecular formula is C23H41N5O2. The van der Waals surface area contributed by atoms with E-state index in [9.17, 15) is 9.59 Å². The molecule has 1 heterocycles. The number of carbonyl (C=O) groups is 2. The Morgan fingerprint density at radius 3 is 2.20 bits per heavy atom. The largest absolute Gasteiger partial charge is 0.387 e. The number of primary amides is 1. The van der Waals surface area contributed by atoms with Gasteiger partial charge in [-0.1, -0.05) is 13.8 Å². The maximum Gasteiger partial charge on any atom is 0.237 e. The summed E-state index contributed by atoms with van der Waals surface area (Å²) in [5.41, 5.74) is 11.4. The Morgan fingerprint density at radius 2 is 1.63 bits per heavy atom. The average molecular weight is 420 g/mol. The van der Waals surface area contributed by atoms with Crippen LogP contribution in [0.3, 0.4) is 0 Å². The number of nitrogens with two attached hydrogens (primary N) is 2. The molecule has 0 aromatic rings. The lowest BCUT2D eigenvalue weighted by atomic mass is 9.77. The van der Waals surface area contributed by atoms with Crippen molar-refractivity contribution in [3.63, 3.8) is 0 Å². The Morgan fingerprint density at radius 1 is 1.00 bits per heavy atom. The van der Waals surface area contributed by atoms with Crippen molar-refractivity contribution in [2.24, 2.45) is 35.1 Å². The SMILES string of the molecule is CCC(CC)NC(=O)C1CC2CCC(C(=N)N)CC2N1CC1CCC(C(N)=O)CC1. The Kier molecular flexibility index (Phi) is 7.77. The molecule has 6 N–H and O–H groups in total. The van der Waals surface area contributed by atoms with Crippen molar-refractivity contribution in [2.45, 2.75) is 96.2 Å². The summed E-state index contributed by atoms with van der Waals surface area (Å²) in [5, 5.41) is 11.2. The molecule has 0 bridgehead atoms. The maximum atomic E-state index is 13.2. The zero-order valence-electron chi connectivity index (χ0n) is 18.7. The third kappa shape index (κ3) is 5.16. The van der Waals surface area contributed by atoms with Crippen molar-refractivity contribution in [2.75, 3.05) is 6.54 Å². The van der Waals surface area contributed by atoms with Gasteiger partial charge in [0.25, 0.3) is 0 Å². The van der Waals surface area contributed by atoms with E-state index in [2.05, 4.69) is 24.1 Å². The number of carbonyl (C=O) groups excluding carboxylic acids is 2. The van der Waals surface area contributed by atoms with Crippen LogP contribution in [-0.2, 0) is 9.59 Å². The van der Waals surface area contributed by atoms with E-state index in [1.165, 1.54) is 0 Å². The lowest BCUT2D eigenvalue weighted by Crippen LogP contribution is -2.51. The van der Waals surface area contributed by atoms with Gasteiger partial charge in [-0.3, -0.25) is 19.9 Å². The first-order chi connectivity index (χ1) is 14.3. The van der Waals surface area contributed by atoms with Gasteiger partial charge in [0.2, 0.25) is 11.8 Å². The van der Waals surface area contributed by atoms with E-state index in [0.717, 1.165) is 70.8 Å². The molecule has 0 spiro atoms. The summed E-state index contributed by atoms with van der Waals surface area (Å²) < 4.78 is 0. The van der Waals surface area contributed by atoms with Crippen LogP contribution < -0.4 is 16.8 Å². The molecule has 4 unspecified atom stereocenters. The van der Waals surface area contributed by atoms with Gasteiger partial charge in [-0.2, -0.15) is 0 Å². The highest BCUT2D eigenvalue weighted by molar-refractivity contribution is 5.83. The maximum absolute atomic E-state index is 13.2. The quantitative estimate of drug-likeness (QED) is 0.356. The highest BCUT2D eigenvalue weighted by Crippen LogP contribution is 2.43. The van der Waals surface area contributed by atoms with Gasteiger partial charge in [-0.05, 0) is 76.0 Å². The van der Waals surface area contributed by atoms with Crippen LogP contribution in [-0.4, -0.2) is 47.2 Å². The number of hydrogen-bond donors (Lipinski definition) is 4. The molecule has 3 rings (SSSR count). The number of rotatable bonds is 8. The minimum absolute atomic E-state index is 0.0123. The van der Waals surface area contributed by atoms with Gasteiger partial charge in [0.1, 0.15) is 0 Å². The van der Waals surface area contributed by atoms with Crippen LogP contribution in [0.2, 0.25) is 0 Å². The summed E-state index contributed by atoms with van der Waals surface area (Å²) in [7, 11) is 0. The van der Waals surface area contributed by atoms with Gasteiger partial charge in [-0.25, -0.2) is 0 Å². The summed E-state index contributed by atoms with van der Waals surface area (Å²) in [6.07, 6.45) is 9.45. The molecule has 2 saturated carbocycles. The fraction of sp³-hybridized carbons (Fsp3) is 0.870. The second-order valence-electron chi connectivity index (χ2n) is 9.88. The molecule has 7 heteroatoms. The van der Waals surface area contributed by atoms with Crippen molar-refractivity contribution < 1.29 is 9.59 Å². The van der Waals surface area contributed by atoms with Crippen molar-refractivity contribution in [1.29, 1.82) is 5.41 Å². The van der Waals surface area contributed by atoms with Gasteiger partial charge in [0, 0.05) is 30.5 Å². The first-order valence-corrected chi connectivity index (χ1v) is 12.0. The molecule has 1 aliphatic heterocycles. The molecule has 0 aromatic heterocycles. The Labute approximate surface area is 181 Å². The standard InChI is InChI=1S/C23H41N5O2/c1-3-18(4-2)27-23(30)20-11-16-9-10-17(21(24)25)12-19(16)28(20)13-14-5-7-15(8-6-14)22(26)29/h14-20H,3-13H2,1-2H3,(H3,24,25)(H2,26,29)(H,27,30).